The largest absolute Gasteiger partial charge is 0.381 e. The van der Waals surface area contributed by atoms with Crippen molar-refractivity contribution in [1.82, 2.24) is 0 Å². The van der Waals surface area contributed by atoms with Gasteiger partial charge in [0.1, 0.15) is 12.2 Å². The smallest absolute Gasteiger partial charge is 0.119 e. The van der Waals surface area contributed by atoms with Gasteiger partial charge in [0.2, 0.25) is 0 Å². The summed E-state index contributed by atoms with van der Waals surface area (Å²) in [7, 11) is 0. The molecular weight excluding hydrogens is 440 g/mol. The zero-order valence-electron chi connectivity index (χ0n) is 19.9. The van der Waals surface area contributed by atoms with Gasteiger partial charge in [0.25, 0.3) is 0 Å². The minimum absolute atomic E-state index is 0.409. The Balaban J connectivity index is 1.50. The molecule has 0 fully saturated rings. The predicted octanol–water partition coefficient (Wildman–Crippen LogP) is 6.74. The Labute approximate surface area is 209 Å². The molecule has 0 aliphatic rings. The normalized spacial score (nSPS) is 12.9. The molecule has 0 saturated heterocycles. The maximum atomic E-state index is 10.5. The fraction of sp³-hybridized carbons (Fsp3) is 0.118. The summed E-state index contributed by atoms with van der Waals surface area (Å²) in [5, 5.41) is 31.8. The molecule has 172 valence electrons. The van der Waals surface area contributed by atoms with Gasteiger partial charge in [-0.15, -0.1) is 0 Å². The van der Waals surface area contributed by atoms with Crippen molar-refractivity contribution in [2.75, 3.05) is 0 Å². The highest BCUT2D eigenvalue weighted by Crippen LogP contribution is 2.34. The Bertz CT molecular complexity index is 1920. The van der Waals surface area contributed by atoms with Crippen LogP contribution < -0.4 is 0 Å². The van der Waals surface area contributed by atoms with Gasteiger partial charge in [0, 0.05) is 6.42 Å². The quantitative estimate of drug-likeness (QED) is 0.169. The van der Waals surface area contributed by atoms with E-state index in [-0.39, 0.29) is 0 Å². The van der Waals surface area contributed by atoms with Crippen LogP contribution >= 0.6 is 0 Å². The minimum atomic E-state index is -0.834. The van der Waals surface area contributed by atoms with Crippen molar-refractivity contribution >= 4 is 53.9 Å². The summed E-state index contributed by atoms with van der Waals surface area (Å²) in [5.74, 6) is 10.6. The molecule has 0 spiro atoms. The number of hydrogen-bond donors (Lipinski definition) is 2. The lowest BCUT2D eigenvalue weighted by atomic mass is 9.93. The summed E-state index contributed by atoms with van der Waals surface area (Å²) in [6.45, 7) is 1.58. The van der Waals surface area contributed by atoms with Gasteiger partial charge in [-0.05, 0) is 115 Å². The number of rotatable bonds is 2. The van der Waals surface area contributed by atoms with Crippen molar-refractivity contribution in [1.29, 1.82) is 0 Å². The van der Waals surface area contributed by atoms with E-state index >= 15 is 0 Å². The molecule has 0 bridgehead atoms. The number of aliphatic hydroxyl groups excluding tert-OH is 2. The lowest BCUT2D eigenvalue weighted by Crippen LogP contribution is -2.07. The van der Waals surface area contributed by atoms with E-state index in [1.54, 1.807) is 6.92 Å². The van der Waals surface area contributed by atoms with Gasteiger partial charge in [-0.3, -0.25) is 0 Å². The first kappa shape index (κ1) is 22.1. The van der Waals surface area contributed by atoms with Crippen LogP contribution in [0.25, 0.3) is 53.9 Å². The van der Waals surface area contributed by atoms with Crippen molar-refractivity contribution in [3.8, 4) is 23.7 Å². The van der Waals surface area contributed by atoms with Gasteiger partial charge in [-0.25, -0.2) is 0 Å². The Kier molecular flexibility index (Phi) is 5.55. The van der Waals surface area contributed by atoms with Crippen LogP contribution in [0.1, 0.15) is 12.5 Å². The SMILES string of the molecule is CC(O)C#CC#CC(O)Cc1cccc2cc3ccc4cc5cc6ccccc6cc5cc4c3cc12. The topological polar surface area (TPSA) is 40.5 Å². The number of aliphatic hydroxyl groups is 2. The molecule has 0 amide bonds. The standard InChI is InChI=1S/C34H24O2/c1-22(35)7-2-5-12-31(36)19-26-11-6-10-25-17-27-13-14-28-18-29-15-23-8-3-4-9-24(23)16-30(29)20-33(28)34(27)21-32(25)26/h3-4,6,8-11,13-18,20-22,31,35-36H,19H2,1H3. The van der Waals surface area contributed by atoms with Crippen molar-refractivity contribution in [2.45, 2.75) is 25.6 Å². The van der Waals surface area contributed by atoms with Gasteiger partial charge >= 0.3 is 0 Å². The summed E-state index contributed by atoms with van der Waals surface area (Å²) in [4.78, 5) is 0. The highest BCUT2D eigenvalue weighted by Gasteiger charge is 2.10. The third-order valence-electron chi connectivity index (χ3n) is 6.74. The van der Waals surface area contributed by atoms with Crippen molar-refractivity contribution < 1.29 is 10.2 Å². The molecule has 6 aromatic rings. The second kappa shape index (κ2) is 9.03. The Hall–Kier alpha value is -4.34. The van der Waals surface area contributed by atoms with E-state index in [1.165, 1.54) is 43.1 Å². The molecule has 0 aliphatic carbocycles. The monoisotopic (exact) mass is 464 g/mol. The minimum Gasteiger partial charge on any atom is -0.381 e. The van der Waals surface area contributed by atoms with E-state index in [2.05, 4.69) is 103 Å². The second-order valence-electron chi connectivity index (χ2n) is 9.33. The highest BCUT2D eigenvalue weighted by molar-refractivity contribution is 6.16. The van der Waals surface area contributed by atoms with Gasteiger partial charge in [0.05, 0.1) is 0 Å². The van der Waals surface area contributed by atoms with Gasteiger partial charge in [-0.2, -0.15) is 0 Å². The first-order chi connectivity index (χ1) is 17.5. The molecule has 2 unspecified atom stereocenters. The Morgan fingerprint density at radius 1 is 0.556 bits per heavy atom. The average Bonchev–Trinajstić information content (AvgIpc) is 2.88. The molecule has 6 rings (SSSR count). The Morgan fingerprint density at radius 3 is 1.83 bits per heavy atom. The van der Waals surface area contributed by atoms with Crippen molar-refractivity contribution in [3.63, 3.8) is 0 Å². The fourth-order valence-corrected chi connectivity index (χ4v) is 5.04. The summed E-state index contributed by atoms with van der Waals surface area (Å²) < 4.78 is 0. The summed E-state index contributed by atoms with van der Waals surface area (Å²) >= 11 is 0. The van der Waals surface area contributed by atoms with Crippen LogP contribution in [0, 0.1) is 23.7 Å². The Morgan fingerprint density at radius 2 is 1.11 bits per heavy atom. The van der Waals surface area contributed by atoms with E-state index in [0.717, 1.165) is 16.3 Å². The molecule has 2 nitrogen and oxygen atoms in total. The molecule has 2 atom stereocenters. The lowest BCUT2D eigenvalue weighted by Gasteiger charge is -2.12. The van der Waals surface area contributed by atoms with Crippen LogP contribution in [0.2, 0.25) is 0 Å². The van der Waals surface area contributed by atoms with E-state index in [1.807, 2.05) is 12.1 Å². The van der Waals surface area contributed by atoms with Crippen LogP contribution in [-0.4, -0.2) is 22.4 Å². The third kappa shape index (κ3) is 4.15. The molecule has 0 radical (unpaired) electrons. The molecule has 0 aromatic heterocycles. The van der Waals surface area contributed by atoms with Crippen LogP contribution in [0.15, 0.2) is 91.0 Å². The van der Waals surface area contributed by atoms with Crippen LogP contribution in [0.4, 0.5) is 0 Å². The second-order valence-corrected chi connectivity index (χ2v) is 9.33. The maximum Gasteiger partial charge on any atom is 0.119 e. The summed E-state index contributed by atoms with van der Waals surface area (Å²) in [6.07, 6.45) is -1.15. The molecule has 6 aromatic carbocycles. The lowest BCUT2D eigenvalue weighted by molar-refractivity contribution is 0.233. The summed E-state index contributed by atoms with van der Waals surface area (Å²) in [5.41, 5.74) is 1.04. The molecule has 36 heavy (non-hydrogen) atoms. The summed E-state index contributed by atoms with van der Waals surface area (Å²) in [6, 6.07) is 32.7. The van der Waals surface area contributed by atoms with Gasteiger partial charge in [-0.1, -0.05) is 66.4 Å². The molecule has 0 heterocycles. The van der Waals surface area contributed by atoms with E-state index in [9.17, 15) is 10.2 Å². The van der Waals surface area contributed by atoms with Gasteiger partial charge in [0.15, 0.2) is 0 Å². The van der Waals surface area contributed by atoms with E-state index < -0.39 is 12.2 Å². The predicted molar refractivity (Wildman–Crippen MR) is 151 cm³/mol. The van der Waals surface area contributed by atoms with Gasteiger partial charge < -0.3 is 10.2 Å². The van der Waals surface area contributed by atoms with Crippen LogP contribution in [0.5, 0.6) is 0 Å². The molecule has 0 aliphatic heterocycles. The maximum absolute atomic E-state index is 10.5. The third-order valence-corrected chi connectivity index (χ3v) is 6.74. The molecule has 2 N–H and O–H groups in total. The van der Waals surface area contributed by atoms with Crippen LogP contribution in [0.3, 0.4) is 0 Å². The number of hydrogen-bond acceptors (Lipinski definition) is 2. The van der Waals surface area contributed by atoms with Crippen molar-refractivity contribution in [3.05, 3.63) is 96.6 Å². The first-order valence-corrected chi connectivity index (χ1v) is 12.1. The number of fused-ring (bicyclic) bond motifs is 6. The molecule has 0 saturated carbocycles. The molecule has 2 heteroatoms. The number of benzene rings is 6. The zero-order chi connectivity index (χ0) is 24.6. The zero-order valence-corrected chi connectivity index (χ0v) is 19.9. The van der Waals surface area contributed by atoms with E-state index in [0.29, 0.717) is 6.42 Å². The first-order valence-electron chi connectivity index (χ1n) is 12.1. The fourth-order valence-electron chi connectivity index (χ4n) is 5.04. The average molecular weight is 465 g/mol. The van der Waals surface area contributed by atoms with Crippen molar-refractivity contribution in [2.24, 2.45) is 0 Å². The van der Waals surface area contributed by atoms with Crippen LogP contribution in [-0.2, 0) is 6.42 Å². The highest BCUT2D eigenvalue weighted by atomic mass is 16.3. The van der Waals surface area contributed by atoms with E-state index in [4.69, 9.17) is 0 Å². The molecular formula is C34H24O2.